The van der Waals surface area contributed by atoms with E-state index in [9.17, 15) is 0 Å². The number of nitrogens with zero attached hydrogens (tertiary/aromatic N) is 1. The molecule has 2 N–H and O–H groups in total. The fourth-order valence-electron chi connectivity index (χ4n) is 1.04. The van der Waals surface area contributed by atoms with E-state index in [0.29, 0.717) is 25.3 Å². The summed E-state index contributed by atoms with van der Waals surface area (Å²) in [7, 11) is 0. The monoisotopic (exact) mass is 254 g/mol. The standard InChI is InChI=1S/C10H11BrN2O/c11-10-2-1-8(7-14-4-3-12)9(5-10)6-13/h1-2,5H,3-4,7,12H2. The van der Waals surface area contributed by atoms with Crippen LogP contribution in [0.1, 0.15) is 11.1 Å². The second kappa shape index (κ2) is 5.76. The molecule has 4 heteroatoms. The van der Waals surface area contributed by atoms with Gasteiger partial charge >= 0.3 is 0 Å². The third-order valence-corrected chi connectivity index (χ3v) is 2.21. The van der Waals surface area contributed by atoms with Crippen LogP contribution in [0.15, 0.2) is 22.7 Å². The van der Waals surface area contributed by atoms with Gasteiger partial charge in [-0.05, 0) is 17.7 Å². The number of hydrogen-bond acceptors (Lipinski definition) is 3. The fraction of sp³-hybridized carbons (Fsp3) is 0.300. The lowest BCUT2D eigenvalue weighted by Gasteiger charge is -2.04. The molecule has 0 amide bonds. The van der Waals surface area contributed by atoms with Crippen LogP contribution in [0.5, 0.6) is 0 Å². The first-order chi connectivity index (χ1) is 6.77. The third-order valence-electron chi connectivity index (χ3n) is 1.71. The Morgan fingerprint density at radius 3 is 2.93 bits per heavy atom. The van der Waals surface area contributed by atoms with Crippen LogP contribution in [0.4, 0.5) is 0 Å². The van der Waals surface area contributed by atoms with E-state index < -0.39 is 0 Å². The SMILES string of the molecule is N#Cc1cc(Br)ccc1COCCN. The van der Waals surface area contributed by atoms with Gasteiger partial charge in [0.1, 0.15) is 0 Å². The van der Waals surface area contributed by atoms with Gasteiger partial charge in [-0.25, -0.2) is 0 Å². The summed E-state index contributed by atoms with van der Waals surface area (Å²) in [5, 5.41) is 8.85. The van der Waals surface area contributed by atoms with Crippen LogP contribution in [-0.2, 0) is 11.3 Å². The summed E-state index contributed by atoms with van der Waals surface area (Å²) in [6.45, 7) is 1.45. The minimum atomic E-state index is 0.438. The van der Waals surface area contributed by atoms with Crippen LogP contribution in [0.25, 0.3) is 0 Å². The van der Waals surface area contributed by atoms with Gasteiger partial charge in [0, 0.05) is 11.0 Å². The highest BCUT2D eigenvalue weighted by atomic mass is 79.9. The molecule has 0 radical (unpaired) electrons. The lowest BCUT2D eigenvalue weighted by atomic mass is 10.1. The Morgan fingerprint density at radius 1 is 1.50 bits per heavy atom. The zero-order valence-corrected chi connectivity index (χ0v) is 9.25. The van der Waals surface area contributed by atoms with E-state index in [4.69, 9.17) is 15.7 Å². The topological polar surface area (TPSA) is 59.0 Å². The summed E-state index contributed by atoms with van der Waals surface area (Å²) in [6, 6.07) is 7.67. The molecule has 1 aromatic carbocycles. The molecule has 0 heterocycles. The van der Waals surface area contributed by atoms with E-state index in [-0.39, 0.29) is 0 Å². The minimum Gasteiger partial charge on any atom is -0.375 e. The molecule has 0 bridgehead atoms. The van der Waals surface area contributed by atoms with Gasteiger partial charge in [-0.15, -0.1) is 0 Å². The first-order valence-electron chi connectivity index (χ1n) is 4.24. The second-order valence-electron chi connectivity index (χ2n) is 2.75. The molecule has 0 saturated heterocycles. The van der Waals surface area contributed by atoms with Crippen molar-refractivity contribution in [3.05, 3.63) is 33.8 Å². The molecular weight excluding hydrogens is 244 g/mol. The average Bonchev–Trinajstić information content (AvgIpc) is 2.20. The van der Waals surface area contributed by atoms with Crippen molar-refractivity contribution in [2.45, 2.75) is 6.61 Å². The van der Waals surface area contributed by atoms with Crippen LogP contribution in [0.2, 0.25) is 0 Å². The summed E-state index contributed by atoms with van der Waals surface area (Å²) in [5.41, 5.74) is 6.82. The van der Waals surface area contributed by atoms with Crippen molar-refractivity contribution >= 4 is 15.9 Å². The van der Waals surface area contributed by atoms with Gasteiger partial charge in [0.05, 0.1) is 24.8 Å². The highest BCUT2D eigenvalue weighted by molar-refractivity contribution is 9.10. The van der Waals surface area contributed by atoms with Crippen LogP contribution in [0.3, 0.4) is 0 Å². The number of nitrogens with two attached hydrogens (primary N) is 1. The molecule has 0 aliphatic heterocycles. The normalized spacial score (nSPS) is 9.79. The molecule has 0 saturated carbocycles. The van der Waals surface area contributed by atoms with E-state index in [2.05, 4.69) is 22.0 Å². The number of halogens is 1. The van der Waals surface area contributed by atoms with Crippen LogP contribution in [-0.4, -0.2) is 13.2 Å². The van der Waals surface area contributed by atoms with E-state index in [1.54, 1.807) is 6.07 Å². The van der Waals surface area contributed by atoms with E-state index >= 15 is 0 Å². The largest absolute Gasteiger partial charge is 0.375 e. The van der Waals surface area contributed by atoms with Crippen molar-refractivity contribution in [3.63, 3.8) is 0 Å². The maximum absolute atomic E-state index is 8.85. The predicted molar refractivity (Wildman–Crippen MR) is 57.6 cm³/mol. The lowest BCUT2D eigenvalue weighted by Crippen LogP contribution is -2.08. The Labute approximate surface area is 91.6 Å². The Hall–Kier alpha value is -0.890. The molecule has 0 aliphatic carbocycles. The number of rotatable bonds is 4. The summed E-state index contributed by atoms with van der Waals surface area (Å²) >= 11 is 3.31. The Balaban J connectivity index is 2.72. The van der Waals surface area contributed by atoms with Crippen molar-refractivity contribution in [1.29, 1.82) is 5.26 Å². The van der Waals surface area contributed by atoms with E-state index in [0.717, 1.165) is 10.0 Å². The van der Waals surface area contributed by atoms with Gasteiger partial charge in [0.15, 0.2) is 0 Å². The van der Waals surface area contributed by atoms with Gasteiger partial charge in [-0.1, -0.05) is 22.0 Å². The summed E-state index contributed by atoms with van der Waals surface area (Å²) < 4.78 is 6.16. The van der Waals surface area contributed by atoms with Crippen molar-refractivity contribution < 1.29 is 4.74 Å². The first kappa shape index (κ1) is 11.2. The zero-order valence-electron chi connectivity index (χ0n) is 7.66. The fourth-order valence-corrected chi connectivity index (χ4v) is 1.41. The van der Waals surface area contributed by atoms with Crippen molar-refractivity contribution in [1.82, 2.24) is 0 Å². The lowest BCUT2D eigenvalue weighted by molar-refractivity contribution is 0.128. The van der Waals surface area contributed by atoms with Crippen LogP contribution < -0.4 is 5.73 Å². The molecule has 1 aromatic rings. The number of benzene rings is 1. The van der Waals surface area contributed by atoms with E-state index in [1.165, 1.54) is 0 Å². The van der Waals surface area contributed by atoms with Crippen molar-refractivity contribution in [3.8, 4) is 6.07 Å². The molecule has 74 valence electrons. The highest BCUT2D eigenvalue weighted by Crippen LogP contribution is 2.16. The summed E-state index contributed by atoms with van der Waals surface area (Å²) in [6.07, 6.45) is 0. The molecule has 0 aromatic heterocycles. The molecule has 0 aliphatic rings. The molecule has 0 unspecified atom stereocenters. The molecule has 3 nitrogen and oxygen atoms in total. The molecular formula is C10H11BrN2O. The maximum Gasteiger partial charge on any atom is 0.0995 e. The molecule has 1 rings (SSSR count). The van der Waals surface area contributed by atoms with E-state index in [1.807, 2.05) is 12.1 Å². The maximum atomic E-state index is 8.85. The molecule has 0 spiro atoms. The summed E-state index contributed by atoms with van der Waals surface area (Å²) in [4.78, 5) is 0. The van der Waals surface area contributed by atoms with Gasteiger partial charge < -0.3 is 10.5 Å². The third kappa shape index (κ3) is 3.11. The molecule has 0 atom stereocenters. The Kier molecular flexibility index (Phi) is 4.60. The minimum absolute atomic E-state index is 0.438. The van der Waals surface area contributed by atoms with Gasteiger partial charge in [-0.3, -0.25) is 0 Å². The first-order valence-corrected chi connectivity index (χ1v) is 5.03. The quantitative estimate of drug-likeness (QED) is 0.834. The molecule has 14 heavy (non-hydrogen) atoms. The zero-order chi connectivity index (χ0) is 10.4. The van der Waals surface area contributed by atoms with Crippen LogP contribution in [0, 0.1) is 11.3 Å². The smallest absolute Gasteiger partial charge is 0.0995 e. The van der Waals surface area contributed by atoms with Gasteiger partial charge in [0.25, 0.3) is 0 Å². The van der Waals surface area contributed by atoms with Gasteiger partial charge in [0.2, 0.25) is 0 Å². The summed E-state index contributed by atoms with van der Waals surface area (Å²) in [5.74, 6) is 0. The number of ether oxygens (including phenoxy) is 1. The predicted octanol–water partition coefficient (Wildman–Crippen LogP) is 1.80. The number of nitriles is 1. The highest BCUT2D eigenvalue weighted by Gasteiger charge is 2.02. The average molecular weight is 255 g/mol. The second-order valence-corrected chi connectivity index (χ2v) is 3.67. The Morgan fingerprint density at radius 2 is 2.29 bits per heavy atom. The number of hydrogen-bond donors (Lipinski definition) is 1. The van der Waals surface area contributed by atoms with Crippen molar-refractivity contribution in [2.75, 3.05) is 13.2 Å². The van der Waals surface area contributed by atoms with Crippen LogP contribution >= 0.6 is 15.9 Å². The van der Waals surface area contributed by atoms with Gasteiger partial charge in [-0.2, -0.15) is 5.26 Å². The molecule has 0 fully saturated rings. The van der Waals surface area contributed by atoms with Crippen molar-refractivity contribution in [2.24, 2.45) is 5.73 Å². The Bertz CT molecular complexity index is 346.